The van der Waals surface area contributed by atoms with Gasteiger partial charge in [0.15, 0.2) is 17.1 Å². The molecule has 0 fully saturated rings. The highest BCUT2D eigenvalue weighted by molar-refractivity contribution is 5.95. The van der Waals surface area contributed by atoms with Crippen LogP contribution >= 0.6 is 0 Å². The lowest BCUT2D eigenvalue weighted by Gasteiger charge is -2.12. The average Bonchev–Trinajstić information content (AvgIpc) is 3.48. The standard InChI is InChI=1S/C24H24N6O3/c1-15(2)21-28-22(18-13-27-30(23(18)29-21)17-6-4-3-5-7-17)25-10-11-26-24(31)16-8-9-19-20(12-16)33-14-32-19/h3-9,12-13,15H,10-11,14H2,1-2H3,(H,26,31)(H,25,28,29). The van der Waals surface area contributed by atoms with E-state index in [2.05, 4.69) is 29.6 Å². The number of carbonyl (C=O) groups excluding carboxylic acids is 1. The minimum absolute atomic E-state index is 0.153. The number of hydrogen-bond donors (Lipinski definition) is 2. The second kappa shape index (κ2) is 8.78. The number of hydrogen-bond acceptors (Lipinski definition) is 7. The van der Waals surface area contributed by atoms with Crippen LogP contribution in [0.2, 0.25) is 0 Å². The topological polar surface area (TPSA) is 103 Å². The normalized spacial score (nSPS) is 12.3. The van der Waals surface area contributed by atoms with Crippen LogP contribution in [-0.2, 0) is 0 Å². The second-order valence-electron chi connectivity index (χ2n) is 7.97. The van der Waals surface area contributed by atoms with E-state index in [1.165, 1.54) is 0 Å². The van der Waals surface area contributed by atoms with Crippen molar-refractivity contribution >= 4 is 22.8 Å². The van der Waals surface area contributed by atoms with E-state index in [4.69, 9.17) is 19.4 Å². The molecule has 1 aliphatic rings. The highest BCUT2D eigenvalue weighted by atomic mass is 16.7. The van der Waals surface area contributed by atoms with E-state index in [0.717, 1.165) is 22.5 Å². The lowest BCUT2D eigenvalue weighted by atomic mass is 10.2. The van der Waals surface area contributed by atoms with E-state index < -0.39 is 0 Å². The van der Waals surface area contributed by atoms with E-state index in [1.807, 2.05) is 35.0 Å². The maximum absolute atomic E-state index is 12.5. The maximum Gasteiger partial charge on any atom is 0.251 e. The van der Waals surface area contributed by atoms with E-state index in [-0.39, 0.29) is 18.6 Å². The van der Waals surface area contributed by atoms with Crippen LogP contribution in [0.3, 0.4) is 0 Å². The molecule has 0 spiro atoms. The fourth-order valence-electron chi connectivity index (χ4n) is 3.57. The molecule has 0 aliphatic carbocycles. The summed E-state index contributed by atoms with van der Waals surface area (Å²) in [4.78, 5) is 22.0. The Bertz CT molecular complexity index is 1300. The zero-order chi connectivity index (χ0) is 22.8. The van der Waals surface area contributed by atoms with E-state index in [1.54, 1.807) is 24.4 Å². The Hall–Kier alpha value is -4.14. The van der Waals surface area contributed by atoms with Crippen LogP contribution in [0.1, 0.15) is 35.9 Å². The number of rotatable bonds is 7. The molecule has 9 heteroatoms. The number of nitrogens with zero attached hydrogens (tertiary/aromatic N) is 4. The van der Waals surface area contributed by atoms with Gasteiger partial charge in [-0.25, -0.2) is 14.6 Å². The molecule has 0 saturated carbocycles. The Morgan fingerprint density at radius 3 is 2.70 bits per heavy atom. The highest BCUT2D eigenvalue weighted by Gasteiger charge is 2.17. The quantitative estimate of drug-likeness (QED) is 0.421. The summed E-state index contributed by atoms with van der Waals surface area (Å²) < 4.78 is 12.4. The number of ether oxygens (including phenoxy) is 2. The first-order valence-electron chi connectivity index (χ1n) is 10.8. The molecule has 168 valence electrons. The zero-order valence-corrected chi connectivity index (χ0v) is 18.4. The summed E-state index contributed by atoms with van der Waals surface area (Å²) in [6, 6.07) is 15.0. The first-order valence-corrected chi connectivity index (χ1v) is 10.8. The molecular weight excluding hydrogens is 420 g/mol. The smallest absolute Gasteiger partial charge is 0.251 e. The van der Waals surface area contributed by atoms with Crippen LogP contribution in [0, 0.1) is 0 Å². The van der Waals surface area contributed by atoms with Crippen LogP contribution in [-0.4, -0.2) is 45.5 Å². The number of anilines is 1. The molecular formula is C24H24N6O3. The summed E-state index contributed by atoms with van der Waals surface area (Å²) in [5.74, 6) is 2.64. The molecule has 4 aromatic rings. The number of fused-ring (bicyclic) bond motifs is 2. The Morgan fingerprint density at radius 1 is 1.06 bits per heavy atom. The molecule has 33 heavy (non-hydrogen) atoms. The molecule has 1 aliphatic heterocycles. The minimum atomic E-state index is -0.178. The average molecular weight is 444 g/mol. The third-order valence-electron chi connectivity index (χ3n) is 5.30. The lowest BCUT2D eigenvalue weighted by molar-refractivity contribution is 0.0954. The molecule has 2 N–H and O–H groups in total. The third-order valence-corrected chi connectivity index (χ3v) is 5.30. The zero-order valence-electron chi connectivity index (χ0n) is 18.4. The minimum Gasteiger partial charge on any atom is -0.454 e. The molecule has 9 nitrogen and oxygen atoms in total. The number of benzene rings is 2. The monoisotopic (exact) mass is 444 g/mol. The fourth-order valence-corrected chi connectivity index (χ4v) is 3.57. The van der Waals surface area contributed by atoms with Crippen molar-refractivity contribution in [3.63, 3.8) is 0 Å². The van der Waals surface area contributed by atoms with Gasteiger partial charge < -0.3 is 20.1 Å². The van der Waals surface area contributed by atoms with Crippen molar-refractivity contribution in [2.75, 3.05) is 25.2 Å². The van der Waals surface area contributed by atoms with Crippen molar-refractivity contribution in [2.45, 2.75) is 19.8 Å². The Morgan fingerprint density at radius 2 is 1.88 bits per heavy atom. The van der Waals surface area contributed by atoms with Crippen molar-refractivity contribution < 1.29 is 14.3 Å². The van der Waals surface area contributed by atoms with Gasteiger partial charge in [0, 0.05) is 24.6 Å². The third kappa shape index (κ3) is 4.17. The molecule has 5 rings (SSSR count). The van der Waals surface area contributed by atoms with Crippen molar-refractivity contribution in [1.82, 2.24) is 25.1 Å². The molecule has 2 aromatic carbocycles. The van der Waals surface area contributed by atoms with E-state index in [9.17, 15) is 4.79 Å². The predicted octanol–water partition coefficient (Wildman–Crippen LogP) is 3.51. The SMILES string of the molecule is CC(C)c1nc(NCCNC(=O)c2ccc3c(c2)OCO3)c2cnn(-c3ccccc3)c2n1. The fraction of sp³-hybridized carbons (Fsp3) is 0.250. The van der Waals surface area contributed by atoms with Gasteiger partial charge in [-0.3, -0.25) is 4.79 Å². The highest BCUT2D eigenvalue weighted by Crippen LogP contribution is 2.32. The molecule has 1 amide bonds. The van der Waals surface area contributed by atoms with Gasteiger partial charge in [0.1, 0.15) is 11.6 Å². The number of para-hydroxylation sites is 1. The van der Waals surface area contributed by atoms with Gasteiger partial charge >= 0.3 is 0 Å². The van der Waals surface area contributed by atoms with Crippen molar-refractivity contribution in [2.24, 2.45) is 0 Å². The lowest BCUT2D eigenvalue weighted by Crippen LogP contribution is -2.29. The van der Waals surface area contributed by atoms with Gasteiger partial charge in [0.25, 0.3) is 5.91 Å². The molecule has 0 bridgehead atoms. The summed E-state index contributed by atoms with van der Waals surface area (Å²) in [6.45, 7) is 5.20. The largest absolute Gasteiger partial charge is 0.454 e. The second-order valence-corrected chi connectivity index (χ2v) is 7.97. The van der Waals surface area contributed by atoms with Gasteiger partial charge in [-0.05, 0) is 30.3 Å². The first-order chi connectivity index (χ1) is 16.1. The van der Waals surface area contributed by atoms with Crippen LogP contribution < -0.4 is 20.1 Å². The predicted molar refractivity (Wildman–Crippen MR) is 124 cm³/mol. The maximum atomic E-state index is 12.5. The van der Waals surface area contributed by atoms with Gasteiger partial charge in [-0.15, -0.1) is 0 Å². The summed E-state index contributed by atoms with van der Waals surface area (Å²) in [5.41, 5.74) is 2.20. The van der Waals surface area contributed by atoms with Crippen molar-refractivity contribution in [3.8, 4) is 17.2 Å². The molecule has 0 saturated heterocycles. The van der Waals surface area contributed by atoms with Gasteiger partial charge in [0.05, 0.1) is 17.3 Å². The van der Waals surface area contributed by atoms with Gasteiger partial charge in [-0.1, -0.05) is 32.0 Å². The molecule has 0 unspecified atom stereocenters. The Labute approximate surface area is 190 Å². The summed E-state index contributed by atoms with van der Waals surface area (Å²) in [7, 11) is 0. The molecule has 0 atom stereocenters. The van der Waals surface area contributed by atoms with Crippen molar-refractivity contribution in [3.05, 3.63) is 66.1 Å². The van der Waals surface area contributed by atoms with Crippen LogP contribution in [0.15, 0.2) is 54.7 Å². The number of amides is 1. The summed E-state index contributed by atoms with van der Waals surface area (Å²) in [5, 5.41) is 11.6. The number of carbonyl (C=O) groups is 1. The van der Waals surface area contributed by atoms with E-state index in [0.29, 0.717) is 36.0 Å². The number of aromatic nitrogens is 4. The summed E-state index contributed by atoms with van der Waals surface area (Å²) in [6.07, 6.45) is 1.76. The van der Waals surface area contributed by atoms with E-state index >= 15 is 0 Å². The first kappa shape index (κ1) is 20.7. The molecule has 0 radical (unpaired) electrons. The van der Waals surface area contributed by atoms with Crippen LogP contribution in [0.25, 0.3) is 16.7 Å². The van der Waals surface area contributed by atoms with Crippen molar-refractivity contribution in [1.29, 1.82) is 0 Å². The van der Waals surface area contributed by atoms with Crippen LogP contribution in [0.4, 0.5) is 5.82 Å². The molecule has 2 aromatic heterocycles. The van der Waals surface area contributed by atoms with Gasteiger partial charge in [-0.2, -0.15) is 5.10 Å². The Balaban J connectivity index is 1.30. The van der Waals surface area contributed by atoms with Gasteiger partial charge in [0.2, 0.25) is 6.79 Å². The summed E-state index contributed by atoms with van der Waals surface area (Å²) >= 11 is 0. The van der Waals surface area contributed by atoms with Crippen LogP contribution in [0.5, 0.6) is 11.5 Å². The Kier molecular flexibility index (Phi) is 5.52. The number of nitrogens with one attached hydrogen (secondary N) is 2. The molecule has 3 heterocycles.